The molecule has 0 N–H and O–H groups in total. The van der Waals surface area contributed by atoms with Gasteiger partial charge in [0.25, 0.3) is 0 Å². The molecule has 0 unspecified atom stereocenters. The Labute approximate surface area is 136 Å². The first-order valence-corrected chi connectivity index (χ1v) is 8.26. The third-order valence-corrected chi connectivity index (χ3v) is 4.24. The molecule has 0 aromatic heterocycles. The van der Waals surface area contributed by atoms with Gasteiger partial charge in [0.15, 0.2) is 0 Å². The largest absolute Gasteiger partial charge is 0.383 e. The van der Waals surface area contributed by atoms with Crippen LogP contribution >= 0.6 is 11.8 Å². The number of nitrogens with zero attached hydrogens (tertiary/aromatic N) is 1. The minimum Gasteiger partial charge on any atom is -0.383 e. The minimum absolute atomic E-state index is 0.134. The molecule has 1 amide bonds. The van der Waals surface area contributed by atoms with Gasteiger partial charge in [-0.1, -0.05) is 48.5 Å². The predicted molar refractivity (Wildman–Crippen MR) is 90.9 cm³/mol. The van der Waals surface area contributed by atoms with Crippen molar-refractivity contribution < 1.29 is 9.53 Å². The van der Waals surface area contributed by atoms with Gasteiger partial charge in [0, 0.05) is 25.1 Å². The fraction of sp³-hybridized carbons (Fsp3) is 0.278. The monoisotopic (exact) mass is 315 g/mol. The van der Waals surface area contributed by atoms with E-state index in [1.165, 1.54) is 0 Å². The fourth-order valence-electron chi connectivity index (χ4n) is 2.05. The standard InChI is InChI=1S/C18H21NO2S/c1-21-13-12-19(14-16-8-4-2-5-9-16)18(20)15-22-17-10-6-3-7-11-17/h2-11H,12-15H2,1H3. The fourth-order valence-corrected chi connectivity index (χ4v) is 2.87. The third kappa shape index (κ3) is 5.54. The van der Waals surface area contributed by atoms with Crippen LogP contribution in [-0.2, 0) is 16.1 Å². The first-order valence-electron chi connectivity index (χ1n) is 7.28. The Morgan fingerprint density at radius 3 is 2.32 bits per heavy atom. The van der Waals surface area contributed by atoms with E-state index in [0.29, 0.717) is 25.4 Å². The lowest BCUT2D eigenvalue weighted by molar-refractivity contribution is -0.129. The number of carbonyl (C=O) groups excluding carboxylic acids is 1. The SMILES string of the molecule is COCCN(Cc1ccccc1)C(=O)CSc1ccccc1. The molecular weight excluding hydrogens is 294 g/mol. The maximum atomic E-state index is 12.5. The summed E-state index contributed by atoms with van der Waals surface area (Å²) in [5.74, 6) is 0.579. The van der Waals surface area contributed by atoms with Gasteiger partial charge in [-0.2, -0.15) is 0 Å². The molecule has 0 fully saturated rings. The molecule has 4 heteroatoms. The highest BCUT2D eigenvalue weighted by Crippen LogP contribution is 2.18. The van der Waals surface area contributed by atoms with Gasteiger partial charge < -0.3 is 9.64 Å². The average Bonchev–Trinajstić information content (AvgIpc) is 2.58. The van der Waals surface area contributed by atoms with Gasteiger partial charge in [-0.25, -0.2) is 0 Å². The van der Waals surface area contributed by atoms with Gasteiger partial charge in [-0.3, -0.25) is 4.79 Å². The minimum atomic E-state index is 0.134. The van der Waals surface area contributed by atoms with Crippen LogP contribution in [0.15, 0.2) is 65.6 Å². The highest BCUT2D eigenvalue weighted by Gasteiger charge is 2.14. The van der Waals surface area contributed by atoms with Crippen LogP contribution in [0, 0.1) is 0 Å². The van der Waals surface area contributed by atoms with Gasteiger partial charge >= 0.3 is 0 Å². The molecule has 0 saturated heterocycles. The maximum absolute atomic E-state index is 12.5. The lowest BCUT2D eigenvalue weighted by Crippen LogP contribution is -2.34. The maximum Gasteiger partial charge on any atom is 0.233 e. The highest BCUT2D eigenvalue weighted by atomic mass is 32.2. The van der Waals surface area contributed by atoms with Crippen LogP contribution in [0.2, 0.25) is 0 Å². The average molecular weight is 315 g/mol. The van der Waals surface area contributed by atoms with Crippen molar-refractivity contribution in [2.75, 3.05) is 26.0 Å². The van der Waals surface area contributed by atoms with Crippen LogP contribution in [0.5, 0.6) is 0 Å². The van der Waals surface area contributed by atoms with E-state index in [1.54, 1.807) is 18.9 Å². The van der Waals surface area contributed by atoms with E-state index in [-0.39, 0.29) is 5.91 Å². The second-order valence-corrected chi connectivity index (χ2v) is 5.94. The Hall–Kier alpha value is -1.78. The zero-order valence-electron chi connectivity index (χ0n) is 12.8. The van der Waals surface area contributed by atoms with Gasteiger partial charge in [0.05, 0.1) is 12.4 Å². The number of ether oxygens (including phenoxy) is 1. The van der Waals surface area contributed by atoms with Gasteiger partial charge in [-0.05, 0) is 17.7 Å². The number of rotatable bonds is 8. The van der Waals surface area contributed by atoms with Crippen LogP contribution in [0.4, 0.5) is 0 Å². The van der Waals surface area contributed by atoms with E-state index < -0.39 is 0 Å². The quantitative estimate of drug-likeness (QED) is 0.699. The zero-order chi connectivity index (χ0) is 15.6. The number of hydrogen-bond donors (Lipinski definition) is 0. The van der Waals surface area contributed by atoms with Gasteiger partial charge in [-0.15, -0.1) is 11.8 Å². The number of methoxy groups -OCH3 is 1. The van der Waals surface area contributed by atoms with E-state index in [9.17, 15) is 4.79 Å². The molecule has 3 nitrogen and oxygen atoms in total. The van der Waals surface area contributed by atoms with Crippen molar-refractivity contribution in [1.82, 2.24) is 4.90 Å². The number of benzene rings is 2. The Kier molecular flexibility index (Phi) is 7.00. The summed E-state index contributed by atoms with van der Waals surface area (Å²) in [5, 5.41) is 0. The third-order valence-electron chi connectivity index (χ3n) is 3.24. The Balaban J connectivity index is 1.93. The van der Waals surface area contributed by atoms with Crippen LogP contribution in [0.25, 0.3) is 0 Å². The summed E-state index contributed by atoms with van der Waals surface area (Å²) in [7, 11) is 1.66. The van der Waals surface area contributed by atoms with Crippen molar-refractivity contribution in [3.8, 4) is 0 Å². The first kappa shape index (κ1) is 16.6. The topological polar surface area (TPSA) is 29.5 Å². The second kappa shape index (κ2) is 9.28. The predicted octanol–water partition coefficient (Wildman–Crippen LogP) is 3.45. The smallest absolute Gasteiger partial charge is 0.233 e. The molecule has 2 aromatic carbocycles. The summed E-state index contributed by atoms with van der Waals surface area (Å²) in [6.07, 6.45) is 0. The molecule has 0 saturated carbocycles. The van der Waals surface area contributed by atoms with Crippen LogP contribution in [0.1, 0.15) is 5.56 Å². The first-order chi connectivity index (χ1) is 10.8. The molecule has 0 spiro atoms. The summed E-state index contributed by atoms with van der Waals surface area (Å²) in [5.41, 5.74) is 1.14. The molecule has 0 bridgehead atoms. The van der Waals surface area contributed by atoms with Crippen LogP contribution in [0.3, 0.4) is 0 Å². The van der Waals surface area contributed by atoms with Crippen molar-refractivity contribution >= 4 is 17.7 Å². The number of hydrogen-bond acceptors (Lipinski definition) is 3. The van der Waals surface area contributed by atoms with Crippen molar-refractivity contribution in [1.29, 1.82) is 0 Å². The summed E-state index contributed by atoms with van der Waals surface area (Å²) >= 11 is 1.57. The molecular formula is C18H21NO2S. The van der Waals surface area contributed by atoms with Crippen molar-refractivity contribution in [3.05, 3.63) is 66.2 Å². The van der Waals surface area contributed by atoms with Crippen molar-refractivity contribution in [2.45, 2.75) is 11.4 Å². The molecule has 2 aromatic rings. The van der Waals surface area contributed by atoms with E-state index >= 15 is 0 Å². The van der Waals surface area contributed by atoms with E-state index in [0.717, 1.165) is 10.5 Å². The zero-order valence-corrected chi connectivity index (χ0v) is 13.6. The Morgan fingerprint density at radius 1 is 1.05 bits per heavy atom. The lowest BCUT2D eigenvalue weighted by Gasteiger charge is -2.22. The van der Waals surface area contributed by atoms with Crippen LogP contribution in [-0.4, -0.2) is 36.8 Å². The van der Waals surface area contributed by atoms with Crippen molar-refractivity contribution in [3.63, 3.8) is 0 Å². The summed E-state index contributed by atoms with van der Waals surface area (Å²) < 4.78 is 5.12. The Morgan fingerprint density at radius 2 is 1.68 bits per heavy atom. The molecule has 0 atom stereocenters. The molecule has 0 radical (unpaired) electrons. The number of carbonyl (C=O) groups is 1. The Bertz CT molecular complexity index is 560. The second-order valence-electron chi connectivity index (χ2n) is 4.90. The number of amides is 1. The molecule has 0 aliphatic heterocycles. The summed E-state index contributed by atoms with van der Waals surface area (Å²) in [6, 6.07) is 20.0. The molecule has 0 aliphatic carbocycles. The number of thioether (sulfide) groups is 1. The summed E-state index contributed by atoms with van der Waals surface area (Å²) in [6.45, 7) is 1.78. The van der Waals surface area contributed by atoms with Gasteiger partial charge in [0.2, 0.25) is 5.91 Å². The molecule has 0 aliphatic rings. The molecule has 0 heterocycles. The van der Waals surface area contributed by atoms with Crippen LogP contribution < -0.4 is 0 Å². The van der Waals surface area contributed by atoms with E-state index in [1.807, 2.05) is 65.6 Å². The molecule has 22 heavy (non-hydrogen) atoms. The summed E-state index contributed by atoms with van der Waals surface area (Å²) in [4.78, 5) is 15.4. The normalized spacial score (nSPS) is 10.4. The lowest BCUT2D eigenvalue weighted by atomic mass is 10.2. The molecule has 116 valence electrons. The van der Waals surface area contributed by atoms with E-state index in [4.69, 9.17) is 4.74 Å². The van der Waals surface area contributed by atoms with Crippen molar-refractivity contribution in [2.24, 2.45) is 0 Å². The molecule has 2 rings (SSSR count). The van der Waals surface area contributed by atoms with E-state index in [2.05, 4.69) is 0 Å². The highest BCUT2D eigenvalue weighted by molar-refractivity contribution is 8.00. The van der Waals surface area contributed by atoms with Gasteiger partial charge in [0.1, 0.15) is 0 Å².